The van der Waals surface area contributed by atoms with E-state index in [9.17, 15) is 4.79 Å². The lowest BCUT2D eigenvalue weighted by atomic mass is 10.2. The number of hydrogen-bond acceptors (Lipinski definition) is 3. The van der Waals surface area contributed by atoms with Crippen molar-refractivity contribution in [1.82, 2.24) is 5.32 Å². The molecular weight excluding hydrogens is 210 g/mol. The predicted molar refractivity (Wildman–Crippen MR) is 60.8 cm³/mol. The molecule has 0 aliphatic carbocycles. The second-order valence-electron chi connectivity index (χ2n) is 3.54. The molecule has 0 atom stereocenters. The number of nitrogens with one attached hydrogen (secondary N) is 1. The SMILES string of the molecule is Cc1ccsc1C=CC(=O)NC1COC1. The van der Waals surface area contributed by atoms with Crippen LogP contribution in [0, 0.1) is 6.92 Å². The van der Waals surface area contributed by atoms with Gasteiger partial charge in [-0.3, -0.25) is 4.79 Å². The number of carbonyl (C=O) groups excluding carboxylic acids is 1. The number of hydrogen-bond donors (Lipinski definition) is 1. The third-order valence-electron chi connectivity index (χ3n) is 2.27. The molecule has 0 unspecified atom stereocenters. The van der Waals surface area contributed by atoms with E-state index in [0.717, 1.165) is 4.88 Å². The van der Waals surface area contributed by atoms with Crippen molar-refractivity contribution in [1.29, 1.82) is 0 Å². The van der Waals surface area contributed by atoms with Crippen LogP contribution in [0.15, 0.2) is 17.5 Å². The Morgan fingerprint density at radius 1 is 1.67 bits per heavy atom. The topological polar surface area (TPSA) is 38.3 Å². The third-order valence-corrected chi connectivity index (χ3v) is 3.26. The molecule has 80 valence electrons. The molecule has 1 aliphatic rings. The van der Waals surface area contributed by atoms with Gasteiger partial charge in [0.25, 0.3) is 0 Å². The molecule has 1 amide bonds. The van der Waals surface area contributed by atoms with Crippen molar-refractivity contribution in [3.8, 4) is 0 Å². The maximum atomic E-state index is 11.4. The fourth-order valence-corrected chi connectivity index (χ4v) is 2.09. The number of rotatable bonds is 3. The Bertz CT molecular complexity index is 380. The van der Waals surface area contributed by atoms with Gasteiger partial charge in [0.15, 0.2) is 0 Å². The van der Waals surface area contributed by atoms with E-state index in [2.05, 4.69) is 5.32 Å². The molecule has 1 aromatic rings. The Morgan fingerprint density at radius 2 is 2.47 bits per heavy atom. The summed E-state index contributed by atoms with van der Waals surface area (Å²) in [4.78, 5) is 12.5. The minimum absolute atomic E-state index is 0.0453. The van der Waals surface area contributed by atoms with Gasteiger partial charge < -0.3 is 10.1 Å². The Morgan fingerprint density at radius 3 is 3.00 bits per heavy atom. The summed E-state index contributed by atoms with van der Waals surface area (Å²) in [6, 6.07) is 2.24. The summed E-state index contributed by atoms with van der Waals surface area (Å²) in [5.41, 5.74) is 1.20. The quantitative estimate of drug-likeness (QED) is 0.790. The van der Waals surface area contributed by atoms with Crippen molar-refractivity contribution < 1.29 is 9.53 Å². The van der Waals surface area contributed by atoms with Crippen LogP contribution in [0.25, 0.3) is 6.08 Å². The summed E-state index contributed by atoms with van der Waals surface area (Å²) in [6.45, 7) is 3.31. The van der Waals surface area contributed by atoms with Gasteiger partial charge >= 0.3 is 0 Å². The third kappa shape index (κ3) is 2.67. The zero-order valence-electron chi connectivity index (χ0n) is 8.53. The van der Waals surface area contributed by atoms with E-state index in [1.807, 2.05) is 24.4 Å². The van der Waals surface area contributed by atoms with Crippen LogP contribution < -0.4 is 5.32 Å². The Kier molecular flexibility index (Phi) is 3.18. The molecule has 1 fully saturated rings. The molecule has 0 radical (unpaired) electrons. The van der Waals surface area contributed by atoms with Crippen LogP contribution in [-0.2, 0) is 9.53 Å². The monoisotopic (exact) mass is 223 g/mol. The largest absolute Gasteiger partial charge is 0.377 e. The fraction of sp³-hybridized carbons (Fsp3) is 0.364. The number of thiophene rings is 1. The summed E-state index contributed by atoms with van der Waals surface area (Å²) >= 11 is 1.64. The zero-order valence-corrected chi connectivity index (χ0v) is 9.34. The van der Waals surface area contributed by atoms with Gasteiger partial charge in [0.05, 0.1) is 19.3 Å². The maximum absolute atomic E-state index is 11.4. The molecule has 15 heavy (non-hydrogen) atoms. The summed E-state index contributed by atoms with van der Waals surface area (Å²) in [5, 5.41) is 4.87. The van der Waals surface area contributed by atoms with Crippen LogP contribution in [0.1, 0.15) is 10.4 Å². The van der Waals surface area contributed by atoms with Crippen molar-refractivity contribution in [3.05, 3.63) is 28.0 Å². The van der Waals surface area contributed by atoms with Crippen molar-refractivity contribution in [2.45, 2.75) is 13.0 Å². The van der Waals surface area contributed by atoms with E-state index in [-0.39, 0.29) is 11.9 Å². The molecule has 0 bridgehead atoms. The summed E-state index contributed by atoms with van der Waals surface area (Å²) < 4.78 is 4.97. The molecule has 2 heterocycles. The van der Waals surface area contributed by atoms with E-state index in [0.29, 0.717) is 13.2 Å². The van der Waals surface area contributed by atoms with Crippen LogP contribution >= 0.6 is 11.3 Å². The summed E-state index contributed by atoms with van der Waals surface area (Å²) in [5.74, 6) is -0.0453. The fourth-order valence-electron chi connectivity index (χ4n) is 1.27. The molecule has 0 aromatic carbocycles. The molecule has 4 heteroatoms. The number of ether oxygens (including phenoxy) is 1. The average Bonchev–Trinajstić information content (AvgIpc) is 2.55. The van der Waals surface area contributed by atoms with Crippen molar-refractivity contribution >= 4 is 23.3 Å². The highest BCUT2D eigenvalue weighted by molar-refractivity contribution is 7.11. The lowest BCUT2D eigenvalue weighted by Gasteiger charge is -2.26. The predicted octanol–water partition coefficient (Wildman–Crippen LogP) is 1.58. The Labute approximate surface area is 92.8 Å². The smallest absolute Gasteiger partial charge is 0.244 e. The highest BCUT2D eigenvalue weighted by Gasteiger charge is 2.18. The van der Waals surface area contributed by atoms with Gasteiger partial charge in [0.2, 0.25) is 5.91 Å². The van der Waals surface area contributed by atoms with E-state index in [4.69, 9.17) is 4.74 Å². The molecule has 0 saturated carbocycles. The van der Waals surface area contributed by atoms with Gasteiger partial charge in [-0.25, -0.2) is 0 Å². The summed E-state index contributed by atoms with van der Waals surface area (Å²) in [6.07, 6.45) is 3.44. The van der Waals surface area contributed by atoms with Crippen LogP contribution in [0.2, 0.25) is 0 Å². The number of carbonyl (C=O) groups is 1. The first-order chi connectivity index (χ1) is 7.25. The molecule has 1 N–H and O–H groups in total. The molecule has 1 aliphatic heterocycles. The molecule has 1 aromatic heterocycles. The maximum Gasteiger partial charge on any atom is 0.244 e. The lowest BCUT2D eigenvalue weighted by Crippen LogP contribution is -2.48. The molecule has 1 saturated heterocycles. The normalized spacial score (nSPS) is 16.6. The Balaban J connectivity index is 1.87. The molecule has 0 spiro atoms. The second-order valence-corrected chi connectivity index (χ2v) is 4.49. The van der Waals surface area contributed by atoms with Crippen molar-refractivity contribution in [2.75, 3.05) is 13.2 Å². The first-order valence-corrected chi connectivity index (χ1v) is 5.74. The van der Waals surface area contributed by atoms with Gasteiger partial charge in [0.1, 0.15) is 0 Å². The first-order valence-electron chi connectivity index (χ1n) is 4.86. The van der Waals surface area contributed by atoms with E-state index in [1.165, 1.54) is 5.56 Å². The van der Waals surface area contributed by atoms with Gasteiger partial charge in [-0.2, -0.15) is 0 Å². The van der Waals surface area contributed by atoms with Gasteiger partial charge in [-0.1, -0.05) is 0 Å². The number of aryl methyl sites for hydroxylation is 1. The minimum atomic E-state index is -0.0453. The molecule has 2 rings (SSSR count). The van der Waals surface area contributed by atoms with E-state index < -0.39 is 0 Å². The van der Waals surface area contributed by atoms with Crippen LogP contribution in [0.3, 0.4) is 0 Å². The van der Waals surface area contributed by atoms with Crippen molar-refractivity contribution in [3.63, 3.8) is 0 Å². The van der Waals surface area contributed by atoms with Crippen LogP contribution in [-0.4, -0.2) is 25.2 Å². The highest BCUT2D eigenvalue weighted by Crippen LogP contribution is 2.16. The first kappa shape index (κ1) is 10.4. The minimum Gasteiger partial charge on any atom is -0.377 e. The summed E-state index contributed by atoms with van der Waals surface area (Å²) in [7, 11) is 0. The molecular formula is C11H13NO2S. The van der Waals surface area contributed by atoms with Gasteiger partial charge in [-0.05, 0) is 30.0 Å². The molecule has 3 nitrogen and oxygen atoms in total. The average molecular weight is 223 g/mol. The van der Waals surface area contributed by atoms with E-state index >= 15 is 0 Å². The zero-order chi connectivity index (χ0) is 10.7. The van der Waals surface area contributed by atoms with Crippen molar-refractivity contribution in [2.24, 2.45) is 0 Å². The van der Waals surface area contributed by atoms with E-state index in [1.54, 1.807) is 17.4 Å². The highest BCUT2D eigenvalue weighted by atomic mass is 32.1. The second kappa shape index (κ2) is 4.59. The van der Waals surface area contributed by atoms with Gasteiger partial charge in [0, 0.05) is 11.0 Å². The lowest BCUT2D eigenvalue weighted by molar-refractivity contribution is -0.120. The Hall–Kier alpha value is -1.13. The standard InChI is InChI=1S/C11H13NO2S/c1-8-4-5-15-10(8)2-3-11(13)12-9-6-14-7-9/h2-5,9H,6-7H2,1H3,(H,12,13). The van der Waals surface area contributed by atoms with Crippen LogP contribution in [0.5, 0.6) is 0 Å². The van der Waals surface area contributed by atoms with Crippen LogP contribution in [0.4, 0.5) is 0 Å². The van der Waals surface area contributed by atoms with Gasteiger partial charge in [-0.15, -0.1) is 11.3 Å². The number of amides is 1.